The molecule has 0 unspecified atom stereocenters. The lowest BCUT2D eigenvalue weighted by Crippen LogP contribution is -1.91. The van der Waals surface area contributed by atoms with Gasteiger partial charge in [-0.05, 0) is 36.6 Å². The Labute approximate surface area is 150 Å². The minimum atomic E-state index is -0.496. The van der Waals surface area contributed by atoms with Crippen LogP contribution in [0.2, 0.25) is 0 Å². The molecular formula is C22H27FN2. The zero-order valence-electron chi connectivity index (χ0n) is 15.1. The van der Waals surface area contributed by atoms with E-state index in [-0.39, 0.29) is 5.56 Å². The molecule has 1 aromatic heterocycles. The van der Waals surface area contributed by atoms with Gasteiger partial charge in [-0.15, -0.1) is 0 Å². The van der Waals surface area contributed by atoms with Crippen molar-refractivity contribution in [3.8, 4) is 17.3 Å². The maximum Gasteiger partial charge on any atom is 0.141 e. The van der Waals surface area contributed by atoms with Gasteiger partial charge in [0.15, 0.2) is 0 Å². The van der Waals surface area contributed by atoms with Crippen LogP contribution in [0, 0.1) is 17.1 Å². The molecule has 0 N–H and O–H groups in total. The van der Waals surface area contributed by atoms with Gasteiger partial charge in [-0.1, -0.05) is 64.0 Å². The Kier molecular flexibility index (Phi) is 8.12. The first kappa shape index (κ1) is 19.1. The third kappa shape index (κ3) is 6.31. The Bertz CT molecular complexity index is 686. The van der Waals surface area contributed by atoms with E-state index in [1.54, 1.807) is 6.07 Å². The van der Waals surface area contributed by atoms with Crippen molar-refractivity contribution in [1.29, 1.82) is 5.26 Å². The standard InChI is InChI=1S/C22H27FN2/c1-2-3-4-5-6-7-8-9-10-18-11-14-22(25-17-18)19-12-13-20(16-24)21(23)15-19/h11-15,17H,2-10H2,1H3. The van der Waals surface area contributed by atoms with Gasteiger partial charge in [0.25, 0.3) is 0 Å². The van der Waals surface area contributed by atoms with Crippen molar-refractivity contribution in [3.63, 3.8) is 0 Å². The molecule has 3 heteroatoms. The van der Waals surface area contributed by atoms with Gasteiger partial charge in [-0.25, -0.2) is 4.39 Å². The lowest BCUT2D eigenvalue weighted by Gasteiger charge is -2.05. The van der Waals surface area contributed by atoms with Gasteiger partial charge in [0.2, 0.25) is 0 Å². The fourth-order valence-corrected chi connectivity index (χ4v) is 2.97. The van der Waals surface area contributed by atoms with E-state index in [1.165, 1.54) is 69.1 Å². The fraction of sp³-hybridized carbons (Fsp3) is 0.455. The molecule has 0 fully saturated rings. The van der Waals surface area contributed by atoms with Gasteiger partial charge in [-0.3, -0.25) is 4.98 Å². The van der Waals surface area contributed by atoms with Crippen LogP contribution in [0.1, 0.15) is 69.4 Å². The van der Waals surface area contributed by atoms with Crippen LogP contribution in [0.25, 0.3) is 11.3 Å². The van der Waals surface area contributed by atoms with Crippen LogP contribution in [0.3, 0.4) is 0 Å². The van der Waals surface area contributed by atoms with E-state index in [2.05, 4.69) is 18.0 Å². The number of halogens is 1. The van der Waals surface area contributed by atoms with E-state index in [4.69, 9.17) is 5.26 Å². The molecule has 0 amide bonds. The summed E-state index contributed by atoms with van der Waals surface area (Å²) in [4.78, 5) is 4.44. The Morgan fingerprint density at radius 1 is 0.960 bits per heavy atom. The van der Waals surface area contributed by atoms with E-state index in [9.17, 15) is 4.39 Å². The number of nitrogens with zero attached hydrogens (tertiary/aromatic N) is 2. The largest absolute Gasteiger partial charge is 0.256 e. The summed E-state index contributed by atoms with van der Waals surface area (Å²) in [5.41, 5.74) is 2.73. The van der Waals surface area contributed by atoms with E-state index in [0.717, 1.165) is 12.1 Å². The fourth-order valence-electron chi connectivity index (χ4n) is 2.97. The van der Waals surface area contributed by atoms with E-state index >= 15 is 0 Å². The molecule has 0 saturated heterocycles. The third-order valence-corrected chi connectivity index (χ3v) is 4.53. The summed E-state index contributed by atoms with van der Waals surface area (Å²) in [6.45, 7) is 2.25. The molecule has 2 rings (SSSR count). The highest BCUT2D eigenvalue weighted by molar-refractivity contribution is 5.60. The summed E-state index contributed by atoms with van der Waals surface area (Å²) in [5, 5.41) is 8.79. The molecule has 1 aromatic carbocycles. The molecule has 0 bridgehead atoms. The quantitative estimate of drug-likeness (QED) is 0.467. The number of benzene rings is 1. The smallest absolute Gasteiger partial charge is 0.141 e. The number of rotatable bonds is 10. The third-order valence-electron chi connectivity index (χ3n) is 4.53. The second-order valence-electron chi connectivity index (χ2n) is 6.58. The van der Waals surface area contributed by atoms with Gasteiger partial charge in [0.1, 0.15) is 11.9 Å². The van der Waals surface area contributed by atoms with Crippen molar-refractivity contribution >= 4 is 0 Å². The minimum Gasteiger partial charge on any atom is -0.256 e. The van der Waals surface area contributed by atoms with Gasteiger partial charge in [0, 0.05) is 11.8 Å². The van der Waals surface area contributed by atoms with Crippen LogP contribution in [0.15, 0.2) is 36.5 Å². The normalized spacial score (nSPS) is 10.6. The lowest BCUT2D eigenvalue weighted by atomic mass is 10.0. The summed E-state index contributed by atoms with van der Waals surface area (Å²) < 4.78 is 13.7. The van der Waals surface area contributed by atoms with Crippen molar-refractivity contribution in [3.05, 3.63) is 53.5 Å². The molecule has 0 atom stereocenters. The van der Waals surface area contributed by atoms with Crippen LogP contribution in [-0.2, 0) is 6.42 Å². The Balaban J connectivity index is 1.76. The van der Waals surface area contributed by atoms with E-state index in [0.29, 0.717) is 5.56 Å². The molecule has 132 valence electrons. The number of pyridine rings is 1. The van der Waals surface area contributed by atoms with Crippen molar-refractivity contribution in [2.75, 3.05) is 0 Å². The van der Waals surface area contributed by atoms with Crippen LogP contribution in [0.4, 0.5) is 4.39 Å². The van der Waals surface area contributed by atoms with Crippen molar-refractivity contribution in [1.82, 2.24) is 4.98 Å². The van der Waals surface area contributed by atoms with E-state index in [1.807, 2.05) is 18.3 Å². The second kappa shape index (κ2) is 10.6. The van der Waals surface area contributed by atoms with E-state index < -0.39 is 5.82 Å². The van der Waals surface area contributed by atoms with Crippen LogP contribution >= 0.6 is 0 Å². The predicted molar refractivity (Wildman–Crippen MR) is 101 cm³/mol. The zero-order chi connectivity index (χ0) is 17.9. The van der Waals surface area contributed by atoms with Crippen molar-refractivity contribution < 1.29 is 4.39 Å². The minimum absolute atomic E-state index is 0.0649. The molecule has 0 spiro atoms. The molecule has 0 saturated carbocycles. The SMILES string of the molecule is CCCCCCCCCCc1ccc(-c2ccc(C#N)c(F)c2)nc1. The van der Waals surface area contributed by atoms with Crippen LogP contribution in [0.5, 0.6) is 0 Å². The molecule has 2 nitrogen and oxygen atoms in total. The van der Waals surface area contributed by atoms with Gasteiger partial charge >= 0.3 is 0 Å². The van der Waals surface area contributed by atoms with Gasteiger partial charge < -0.3 is 0 Å². The summed E-state index contributed by atoms with van der Waals surface area (Å²) in [7, 11) is 0. The number of unbranched alkanes of at least 4 members (excludes halogenated alkanes) is 7. The summed E-state index contributed by atoms with van der Waals surface area (Å²) >= 11 is 0. The van der Waals surface area contributed by atoms with Gasteiger partial charge in [-0.2, -0.15) is 5.26 Å². The number of aryl methyl sites for hydroxylation is 1. The average Bonchev–Trinajstić information content (AvgIpc) is 2.64. The van der Waals surface area contributed by atoms with Gasteiger partial charge in [0.05, 0.1) is 11.3 Å². The summed E-state index contributed by atoms with van der Waals surface area (Å²) in [6.07, 6.45) is 13.5. The maximum atomic E-state index is 13.7. The Hall–Kier alpha value is -2.21. The number of hydrogen-bond acceptors (Lipinski definition) is 2. The molecule has 25 heavy (non-hydrogen) atoms. The highest BCUT2D eigenvalue weighted by Gasteiger charge is 2.05. The second-order valence-corrected chi connectivity index (χ2v) is 6.58. The Morgan fingerprint density at radius 2 is 1.68 bits per heavy atom. The number of nitriles is 1. The van der Waals surface area contributed by atoms with Crippen LogP contribution < -0.4 is 0 Å². The first-order valence-electron chi connectivity index (χ1n) is 9.39. The average molecular weight is 338 g/mol. The molecule has 0 aliphatic rings. The first-order chi connectivity index (χ1) is 12.2. The number of hydrogen-bond donors (Lipinski definition) is 0. The molecule has 1 heterocycles. The van der Waals surface area contributed by atoms with Crippen molar-refractivity contribution in [2.45, 2.75) is 64.7 Å². The highest BCUT2D eigenvalue weighted by Crippen LogP contribution is 2.20. The highest BCUT2D eigenvalue weighted by atomic mass is 19.1. The van der Waals surface area contributed by atoms with Crippen LogP contribution in [-0.4, -0.2) is 4.98 Å². The molecule has 0 aliphatic carbocycles. The summed E-state index contributed by atoms with van der Waals surface area (Å²) in [5.74, 6) is -0.496. The first-order valence-corrected chi connectivity index (χ1v) is 9.39. The topological polar surface area (TPSA) is 36.7 Å². The summed E-state index contributed by atoms with van der Waals surface area (Å²) in [6, 6.07) is 10.4. The molecule has 2 aromatic rings. The predicted octanol–water partition coefficient (Wildman–Crippen LogP) is 6.44. The lowest BCUT2D eigenvalue weighted by molar-refractivity contribution is 0.575. The molecular weight excluding hydrogens is 311 g/mol. The molecule has 0 radical (unpaired) electrons. The Morgan fingerprint density at radius 3 is 2.28 bits per heavy atom. The zero-order valence-corrected chi connectivity index (χ0v) is 15.1. The monoisotopic (exact) mass is 338 g/mol. The maximum absolute atomic E-state index is 13.7. The molecule has 0 aliphatic heterocycles. The van der Waals surface area contributed by atoms with Crippen molar-refractivity contribution in [2.24, 2.45) is 0 Å². The number of aromatic nitrogens is 1.